The van der Waals surface area contributed by atoms with E-state index in [1.54, 1.807) is 10.7 Å². The average Bonchev–Trinajstić information content (AvgIpc) is 2.70. The maximum absolute atomic E-state index is 12.1. The van der Waals surface area contributed by atoms with E-state index < -0.39 is 0 Å². The third kappa shape index (κ3) is 2.79. The zero-order valence-electron chi connectivity index (χ0n) is 10.3. The number of hydrogen-bond donors (Lipinski definition) is 1. The van der Waals surface area contributed by atoms with Gasteiger partial charge in [-0.2, -0.15) is 5.10 Å². The zero-order chi connectivity index (χ0) is 13.1. The maximum Gasteiger partial charge on any atom is 0.273 e. The highest BCUT2D eigenvalue weighted by Gasteiger charge is 2.13. The lowest BCUT2D eigenvalue weighted by molar-refractivity contribution is 0.101. The summed E-state index contributed by atoms with van der Waals surface area (Å²) in [6, 6.07) is 9.29. The molecule has 0 bridgehead atoms. The molecule has 0 saturated heterocycles. The van der Waals surface area contributed by atoms with Gasteiger partial charge in [0.2, 0.25) is 0 Å². The van der Waals surface area contributed by atoms with Crippen molar-refractivity contribution in [1.29, 1.82) is 0 Å². The first-order valence-corrected chi connectivity index (χ1v) is 6.51. The molecule has 94 valence electrons. The van der Waals surface area contributed by atoms with Gasteiger partial charge >= 0.3 is 0 Å². The van der Waals surface area contributed by atoms with E-state index in [1.165, 1.54) is 0 Å². The Morgan fingerprint density at radius 2 is 2.22 bits per heavy atom. The third-order valence-corrected chi connectivity index (χ3v) is 3.01. The van der Waals surface area contributed by atoms with Gasteiger partial charge in [0, 0.05) is 16.7 Å². The van der Waals surface area contributed by atoms with Crippen molar-refractivity contribution >= 4 is 27.5 Å². The molecule has 0 fully saturated rings. The van der Waals surface area contributed by atoms with Gasteiger partial charge in [-0.1, -0.05) is 22.0 Å². The normalized spacial score (nSPS) is 10.4. The van der Waals surface area contributed by atoms with E-state index >= 15 is 0 Å². The van der Waals surface area contributed by atoms with E-state index in [9.17, 15) is 4.79 Å². The molecule has 0 unspecified atom stereocenters. The summed E-state index contributed by atoms with van der Waals surface area (Å²) in [5, 5.41) is 7.11. The Bertz CT molecular complexity index is 577. The second-order valence-electron chi connectivity index (χ2n) is 3.95. The minimum absolute atomic E-state index is 0.143. The van der Waals surface area contributed by atoms with Crippen LogP contribution < -0.4 is 5.32 Å². The first kappa shape index (κ1) is 12.8. The van der Waals surface area contributed by atoms with Crippen LogP contribution in [0, 0.1) is 6.92 Å². The average molecular weight is 308 g/mol. The number of anilines is 1. The number of nitrogens with zero attached hydrogens (tertiary/aromatic N) is 2. The molecule has 0 atom stereocenters. The molecule has 0 aliphatic heterocycles. The topological polar surface area (TPSA) is 46.9 Å². The molecular formula is C13H14BrN3O. The summed E-state index contributed by atoms with van der Waals surface area (Å²) in [6.07, 6.45) is 0. The molecule has 1 aromatic carbocycles. The predicted molar refractivity (Wildman–Crippen MR) is 74.7 cm³/mol. The maximum atomic E-state index is 12.1. The molecule has 4 nitrogen and oxygen atoms in total. The van der Waals surface area contributed by atoms with Crippen LogP contribution in [-0.4, -0.2) is 15.7 Å². The lowest BCUT2D eigenvalue weighted by atomic mass is 10.3. The van der Waals surface area contributed by atoms with Gasteiger partial charge in [0.1, 0.15) is 5.69 Å². The second kappa shape index (κ2) is 5.35. The Morgan fingerprint density at radius 3 is 2.89 bits per heavy atom. The van der Waals surface area contributed by atoms with Crippen molar-refractivity contribution in [2.24, 2.45) is 0 Å². The first-order chi connectivity index (χ1) is 8.60. The Balaban J connectivity index is 2.21. The molecule has 0 spiro atoms. The van der Waals surface area contributed by atoms with Crippen molar-refractivity contribution in [3.05, 3.63) is 46.2 Å². The molecule has 2 aromatic rings. The van der Waals surface area contributed by atoms with Crippen molar-refractivity contribution in [3.8, 4) is 0 Å². The van der Waals surface area contributed by atoms with Gasteiger partial charge < -0.3 is 5.32 Å². The number of rotatable bonds is 3. The fourth-order valence-corrected chi connectivity index (χ4v) is 2.13. The molecule has 5 heteroatoms. The number of carbonyl (C=O) groups excluding carboxylic acids is 1. The lowest BCUT2D eigenvalue weighted by Crippen LogP contribution is -2.17. The molecule has 0 aliphatic rings. The number of aryl methyl sites for hydroxylation is 2. The van der Waals surface area contributed by atoms with E-state index in [0.717, 1.165) is 15.9 Å². The number of amides is 1. The van der Waals surface area contributed by atoms with Crippen molar-refractivity contribution in [3.63, 3.8) is 0 Å². The molecule has 1 heterocycles. The Kier molecular flexibility index (Phi) is 3.81. The van der Waals surface area contributed by atoms with Crippen LogP contribution in [0.3, 0.4) is 0 Å². The van der Waals surface area contributed by atoms with Crippen LogP contribution in [0.15, 0.2) is 34.8 Å². The quantitative estimate of drug-likeness (QED) is 0.946. The molecule has 0 radical (unpaired) electrons. The smallest absolute Gasteiger partial charge is 0.273 e. The molecule has 1 N–H and O–H groups in total. The SMILES string of the molecule is CCn1nc(C)cc1C(=O)Nc1cccc(Br)c1. The molecule has 0 aliphatic carbocycles. The minimum atomic E-state index is -0.143. The van der Waals surface area contributed by atoms with Crippen molar-refractivity contribution in [1.82, 2.24) is 9.78 Å². The van der Waals surface area contributed by atoms with E-state index in [1.807, 2.05) is 38.1 Å². The second-order valence-corrected chi connectivity index (χ2v) is 4.87. The number of aromatic nitrogens is 2. The third-order valence-electron chi connectivity index (χ3n) is 2.52. The summed E-state index contributed by atoms with van der Waals surface area (Å²) in [6.45, 7) is 4.51. The first-order valence-electron chi connectivity index (χ1n) is 5.71. The van der Waals surface area contributed by atoms with Gasteiger partial charge in [-0.3, -0.25) is 9.48 Å². The van der Waals surface area contributed by atoms with Crippen LogP contribution in [0.4, 0.5) is 5.69 Å². The highest BCUT2D eigenvalue weighted by Crippen LogP contribution is 2.16. The van der Waals surface area contributed by atoms with Gasteiger partial charge in [0.25, 0.3) is 5.91 Å². The molecule has 1 amide bonds. The fraction of sp³-hybridized carbons (Fsp3) is 0.231. The van der Waals surface area contributed by atoms with Crippen LogP contribution in [-0.2, 0) is 6.54 Å². The number of carbonyl (C=O) groups is 1. The Labute approximate surface area is 114 Å². The van der Waals surface area contributed by atoms with Gasteiger partial charge in [-0.15, -0.1) is 0 Å². The van der Waals surface area contributed by atoms with Crippen LogP contribution in [0.5, 0.6) is 0 Å². The van der Waals surface area contributed by atoms with Crippen LogP contribution in [0.25, 0.3) is 0 Å². The standard InChI is InChI=1S/C13H14BrN3O/c1-3-17-12(7-9(2)16-17)13(18)15-11-6-4-5-10(14)8-11/h4-8H,3H2,1-2H3,(H,15,18). The summed E-state index contributed by atoms with van der Waals surface area (Å²) in [5.74, 6) is -0.143. The van der Waals surface area contributed by atoms with Crippen molar-refractivity contribution in [2.45, 2.75) is 20.4 Å². The van der Waals surface area contributed by atoms with E-state index in [4.69, 9.17) is 0 Å². The predicted octanol–water partition coefficient (Wildman–Crippen LogP) is 3.23. The van der Waals surface area contributed by atoms with E-state index in [0.29, 0.717) is 12.2 Å². The van der Waals surface area contributed by atoms with Crippen LogP contribution in [0.1, 0.15) is 23.1 Å². The number of halogens is 1. The molecule has 1 aromatic heterocycles. The summed E-state index contributed by atoms with van der Waals surface area (Å²) in [7, 11) is 0. The van der Waals surface area contributed by atoms with Crippen molar-refractivity contribution < 1.29 is 4.79 Å². The van der Waals surface area contributed by atoms with Crippen LogP contribution >= 0.6 is 15.9 Å². The van der Waals surface area contributed by atoms with Gasteiger partial charge in [-0.25, -0.2) is 0 Å². The fourth-order valence-electron chi connectivity index (χ4n) is 1.73. The van der Waals surface area contributed by atoms with E-state index in [-0.39, 0.29) is 5.91 Å². The van der Waals surface area contributed by atoms with Gasteiger partial charge in [0.05, 0.1) is 5.69 Å². The van der Waals surface area contributed by atoms with Gasteiger partial charge in [0.15, 0.2) is 0 Å². The van der Waals surface area contributed by atoms with Gasteiger partial charge in [-0.05, 0) is 38.1 Å². The van der Waals surface area contributed by atoms with Crippen LogP contribution in [0.2, 0.25) is 0 Å². The highest BCUT2D eigenvalue weighted by molar-refractivity contribution is 9.10. The summed E-state index contributed by atoms with van der Waals surface area (Å²) in [5.41, 5.74) is 2.18. The number of nitrogens with one attached hydrogen (secondary N) is 1. The lowest BCUT2D eigenvalue weighted by Gasteiger charge is -2.06. The molecule has 18 heavy (non-hydrogen) atoms. The highest BCUT2D eigenvalue weighted by atomic mass is 79.9. The molecule has 0 saturated carbocycles. The van der Waals surface area contributed by atoms with E-state index in [2.05, 4.69) is 26.3 Å². The summed E-state index contributed by atoms with van der Waals surface area (Å²) >= 11 is 3.37. The number of hydrogen-bond acceptors (Lipinski definition) is 2. The minimum Gasteiger partial charge on any atom is -0.321 e. The van der Waals surface area contributed by atoms with Crippen molar-refractivity contribution in [2.75, 3.05) is 5.32 Å². The zero-order valence-corrected chi connectivity index (χ0v) is 11.9. The summed E-state index contributed by atoms with van der Waals surface area (Å²) < 4.78 is 2.63. The Hall–Kier alpha value is -1.62. The monoisotopic (exact) mass is 307 g/mol. The molecule has 2 rings (SSSR count). The number of benzene rings is 1. The Morgan fingerprint density at radius 1 is 1.44 bits per heavy atom. The largest absolute Gasteiger partial charge is 0.321 e. The molecular weight excluding hydrogens is 294 g/mol. The summed E-state index contributed by atoms with van der Waals surface area (Å²) in [4.78, 5) is 12.1.